The van der Waals surface area contributed by atoms with Gasteiger partial charge in [-0.3, -0.25) is 5.84 Å². The molecule has 1 unspecified atom stereocenters. The third kappa shape index (κ3) is 3.26. The van der Waals surface area contributed by atoms with Gasteiger partial charge in [-0.1, -0.05) is 23.7 Å². The third-order valence-electron chi connectivity index (χ3n) is 3.17. The van der Waals surface area contributed by atoms with Gasteiger partial charge in [-0.2, -0.15) is 0 Å². The second kappa shape index (κ2) is 6.76. The number of benzene rings is 2. The monoisotopic (exact) mass is 310 g/mol. The van der Waals surface area contributed by atoms with E-state index in [2.05, 4.69) is 5.43 Å². The van der Waals surface area contributed by atoms with Crippen LogP contribution in [0.1, 0.15) is 17.2 Å². The van der Waals surface area contributed by atoms with Crippen LogP contribution in [0.5, 0.6) is 11.5 Å². The highest BCUT2D eigenvalue weighted by atomic mass is 35.5. The molecule has 3 N–H and O–H groups in total. The number of ether oxygens (including phenoxy) is 2. The maximum Gasteiger partial charge on any atom is 0.142 e. The van der Waals surface area contributed by atoms with Crippen LogP contribution in [0, 0.1) is 5.82 Å². The smallest absolute Gasteiger partial charge is 0.142 e. The number of methoxy groups -OCH3 is 2. The first-order chi connectivity index (χ1) is 10.1. The van der Waals surface area contributed by atoms with Gasteiger partial charge in [0, 0.05) is 6.07 Å². The molecule has 0 aromatic heterocycles. The van der Waals surface area contributed by atoms with Crippen molar-refractivity contribution < 1.29 is 13.9 Å². The fraction of sp³-hybridized carbons (Fsp3) is 0.200. The lowest BCUT2D eigenvalue weighted by Gasteiger charge is -2.20. The van der Waals surface area contributed by atoms with Gasteiger partial charge < -0.3 is 9.47 Å². The van der Waals surface area contributed by atoms with E-state index >= 15 is 0 Å². The van der Waals surface area contributed by atoms with E-state index < -0.39 is 11.9 Å². The number of rotatable bonds is 5. The van der Waals surface area contributed by atoms with E-state index in [1.165, 1.54) is 6.07 Å². The van der Waals surface area contributed by atoms with Crippen molar-refractivity contribution >= 4 is 11.6 Å². The molecule has 4 nitrogen and oxygen atoms in total. The number of hydrogen-bond donors (Lipinski definition) is 2. The quantitative estimate of drug-likeness (QED) is 0.658. The Labute approximate surface area is 127 Å². The normalized spacial score (nSPS) is 12.0. The Bertz CT molecular complexity index is 615. The topological polar surface area (TPSA) is 56.5 Å². The summed E-state index contributed by atoms with van der Waals surface area (Å²) in [7, 11) is 3.11. The highest BCUT2D eigenvalue weighted by Crippen LogP contribution is 2.33. The molecular weight excluding hydrogens is 295 g/mol. The maximum atomic E-state index is 13.6. The van der Waals surface area contributed by atoms with Crippen LogP contribution in [0.3, 0.4) is 0 Å². The van der Waals surface area contributed by atoms with Crippen LogP contribution in [0.4, 0.5) is 4.39 Å². The lowest BCUT2D eigenvalue weighted by Crippen LogP contribution is -2.29. The minimum atomic E-state index is -0.496. The van der Waals surface area contributed by atoms with E-state index in [-0.39, 0.29) is 5.02 Å². The minimum Gasteiger partial charge on any atom is -0.497 e. The van der Waals surface area contributed by atoms with Crippen molar-refractivity contribution in [2.75, 3.05) is 14.2 Å². The van der Waals surface area contributed by atoms with Crippen LogP contribution in [-0.2, 0) is 0 Å². The highest BCUT2D eigenvalue weighted by Gasteiger charge is 2.19. The summed E-state index contributed by atoms with van der Waals surface area (Å²) in [5.41, 5.74) is 3.93. The first-order valence-corrected chi connectivity index (χ1v) is 6.61. The van der Waals surface area contributed by atoms with E-state index in [4.69, 9.17) is 26.9 Å². The molecule has 2 aromatic carbocycles. The molecule has 0 heterocycles. The van der Waals surface area contributed by atoms with Gasteiger partial charge in [-0.25, -0.2) is 9.82 Å². The fourth-order valence-corrected chi connectivity index (χ4v) is 2.34. The lowest BCUT2D eigenvalue weighted by molar-refractivity contribution is 0.392. The van der Waals surface area contributed by atoms with Gasteiger partial charge in [0.15, 0.2) is 0 Å². The van der Waals surface area contributed by atoms with E-state index in [9.17, 15) is 4.39 Å². The molecule has 0 saturated carbocycles. The standard InChI is InChI=1S/C15H16ClFN2O2/c1-20-10-6-9(7-11(8-10)21-2)15(19-18)12-4-3-5-13(17)14(12)16/h3-8,15,19H,18H2,1-2H3. The molecule has 0 spiro atoms. The molecular formula is C15H16ClFN2O2. The molecule has 0 fully saturated rings. The van der Waals surface area contributed by atoms with Crippen LogP contribution in [0.2, 0.25) is 5.02 Å². The largest absolute Gasteiger partial charge is 0.497 e. The fourth-order valence-electron chi connectivity index (χ4n) is 2.11. The summed E-state index contributed by atoms with van der Waals surface area (Å²) < 4.78 is 24.1. The second-order valence-electron chi connectivity index (χ2n) is 4.39. The van der Waals surface area contributed by atoms with Gasteiger partial charge in [0.1, 0.15) is 17.3 Å². The van der Waals surface area contributed by atoms with Gasteiger partial charge in [-0.05, 0) is 29.3 Å². The third-order valence-corrected chi connectivity index (χ3v) is 3.56. The van der Waals surface area contributed by atoms with Crippen LogP contribution < -0.4 is 20.7 Å². The maximum absolute atomic E-state index is 13.6. The van der Waals surface area contributed by atoms with E-state index in [1.54, 1.807) is 44.6 Å². The van der Waals surface area contributed by atoms with Gasteiger partial charge in [0.05, 0.1) is 25.3 Å². The van der Waals surface area contributed by atoms with Crippen LogP contribution in [0.25, 0.3) is 0 Å². The van der Waals surface area contributed by atoms with E-state index in [0.29, 0.717) is 17.1 Å². The van der Waals surface area contributed by atoms with E-state index in [0.717, 1.165) is 5.56 Å². The summed E-state index contributed by atoms with van der Waals surface area (Å²) in [6.07, 6.45) is 0. The summed E-state index contributed by atoms with van der Waals surface area (Å²) in [5.74, 6) is 6.35. The second-order valence-corrected chi connectivity index (χ2v) is 4.77. The van der Waals surface area contributed by atoms with Crippen molar-refractivity contribution in [3.8, 4) is 11.5 Å². The first kappa shape index (κ1) is 15.6. The van der Waals surface area contributed by atoms with Crippen LogP contribution in [-0.4, -0.2) is 14.2 Å². The average Bonchev–Trinajstić information content (AvgIpc) is 2.51. The summed E-state index contributed by atoms with van der Waals surface area (Å²) in [4.78, 5) is 0. The predicted octanol–water partition coefficient (Wildman–Crippen LogP) is 3.05. The molecule has 0 aliphatic heterocycles. The van der Waals surface area contributed by atoms with Crippen molar-refractivity contribution in [2.24, 2.45) is 5.84 Å². The van der Waals surface area contributed by atoms with Gasteiger partial charge in [0.25, 0.3) is 0 Å². The zero-order valence-electron chi connectivity index (χ0n) is 11.7. The Balaban J connectivity index is 2.53. The number of nitrogens with two attached hydrogens (primary N) is 1. The number of hydrogen-bond acceptors (Lipinski definition) is 4. The molecule has 2 rings (SSSR count). The summed E-state index contributed by atoms with van der Waals surface area (Å²) in [6, 6.07) is 9.41. The van der Waals surface area contributed by atoms with Gasteiger partial charge in [-0.15, -0.1) is 0 Å². The molecule has 112 valence electrons. The van der Waals surface area contributed by atoms with Crippen LogP contribution in [0.15, 0.2) is 36.4 Å². The minimum absolute atomic E-state index is 0.0298. The average molecular weight is 311 g/mol. The Morgan fingerprint density at radius 3 is 2.29 bits per heavy atom. The predicted molar refractivity (Wildman–Crippen MR) is 80.1 cm³/mol. The van der Waals surface area contributed by atoms with Crippen LogP contribution >= 0.6 is 11.6 Å². The zero-order chi connectivity index (χ0) is 15.4. The van der Waals surface area contributed by atoms with Crippen molar-refractivity contribution in [1.82, 2.24) is 5.43 Å². The SMILES string of the molecule is COc1cc(OC)cc(C(NN)c2cccc(F)c2Cl)c1. The van der Waals surface area contributed by atoms with Crippen molar-refractivity contribution in [1.29, 1.82) is 0 Å². The summed E-state index contributed by atoms with van der Waals surface area (Å²) in [5, 5.41) is 0.0298. The molecule has 2 aromatic rings. The molecule has 0 aliphatic carbocycles. The number of halogens is 2. The van der Waals surface area contributed by atoms with Gasteiger partial charge in [0.2, 0.25) is 0 Å². The zero-order valence-corrected chi connectivity index (χ0v) is 12.4. The Kier molecular flexibility index (Phi) is 5.01. The Hall–Kier alpha value is -1.82. The molecule has 1 atom stereocenters. The molecule has 0 aliphatic rings. The molecule has 0 amide bonds. The van der Waals surface area contributed by atoms with E-state index in [1.807, 2.05) is 0 Å². The van der Waals surface area contributed by atoms with Crippen molar-refractivity contribution in [3.05, 3.63) is 58.4 Å². The van der Waals surface area contributed by atoms with Crippen molar-refractivity contribution in [2.45, 2.75) is 6.04 Å². The Morgan fingerprint density at radius 2 is 1.76 bits per heavy atom. The molecule has 0 saturated heterocycles. The number of nitrogens with one attached hydrogen (secondary N) is 1. The summed E-state index contributed by atoms with van der Waals surface area (Å²) >= 11 is 6.03. The number of hydrazine groups is 1. The lowest BCUT2D eigenvalue weighted by atomic mass is 9.98. The van der Waals surface area contributed by atoms with Crippen molar-refractivity contribution in [3.63, 3.8) is 0 Å². The first-order valence-electron chi connectivity index (χ1n) is 6.23. The molecule has 0 radical (unpaired) electrons. The summed E-state index contributed by atoms with van der Waals surface area (Å²) in [6.45, 7) is 0. The Morgan fingerprint density at radius 1 is 1.14 bits per heavy atom. The molecule has 0 bridgehead atoms. The van der Waals surface area contributed by atoms with Gasteiger partial charge >= 0.3 is 0 Å². The molecule has 21 heavy (non-hydrogen) atoms. The molecule has 6 heteroatoms. The highest BCUT2D eigenvalue weighted by molar-refractivity contribution is 6.31.